The first-order valence-electron chi connectivity index (χ1n) is 7.27. The van der Waals surface area contributed by atoms with Crippen molar-refractivity contribution in [3.05, 3.63) is 47.9 Å². The molecule has 0 aliphatic carbocycles. The summed E-state index contributed by atoms with van der Waals surface area (Å²) >= 11 is 0. The third kappa shape index (κ3) is 3.42. The zero-order valence-corrected chi connectivity index (χ0v) is 12.5. The lowest BCUT2D eigenvalue weighted by atomic mass is 10.0. The van der Waals surface area contributed by atoms with Crippen LogP contribution < -0.4 is 0 Å². The number of aryl methyl sites for hydroxylation is 1. The van der Waals surface area contributed by atoms with Crippen LogP contribution in [0.4, 0.5) is 0 Å². The molecule has 2 rings (SSSR count). The van der Waals surface area contributed by atoms with Crippen LogP contribution in [0.1, 0.15) is 44.4 Å². The van der Waals surface area contributed by atoms with Gasteiger partial charge in [-0.2, -0.15) is 0 Å². The monoisotopic (exact) mass is 270 g/mol. The lowest BCUT2D eigenvalue weighted by Crippen LogP contribution is -1.99. The Morgan fingerprint density at radius 1 is 1.15 bits per heavy atom. The van der Waals surface area contributed by atoms with Gasteiger partial charge in [0.15, 0.2) is 0 Å². The van der Waals surface area contributed by atoms with Crippen molar-refractivity contribution < 1.29 is 4.74 Å². The van der Waals surface area contributed by atoms with E-state index >= 15 is 0 Å². The van der Waals surface area contributed by atoms with Crippen LogP contribution in [0.3, 0.4) is 0 Å². The molecule has 20 heavy (non-hydrogen) atoms. The van der Waals surface area contributed by atoms with Crippen molar-refractivity contribution in [3.8, 4) is 11.3 Å². The van der Waals surface area contributed by atoms with Crippen LogP contribution in [0, 0.1) is 0 Å². The quantitative estimate of drug-likeness (QED) is 0.789. The minimum absolute atomic E-state index is 0.134. The largest absolute Gasteiger partial charge is 0.374 e. The predicted molar refractivity (Wildman–Crippen MR) is 81.5 cm³/mol. The highest BCUT2D eigenvalue weighted by molar-refractivity contribution is 5.62. The van der Waals surface area contributed by atoms with Crippen LogP contribution in [0.2, 0.25) is 0 Å². The van der Waals surface area contributed by atoms with Crippen molar-refractivity contribution in [2.24, 2.45) is 0 Å². The second kappa shape index (κ2) is 7.15. The van der Waals surface area contributed by atoms with Crippen molar-refractivity contribution in [1.82, 2.24) is 9.97 Å². The molecule has 1 aromatic carbocycles. The molecule has 0 saturated carbocycles. The number of hydrogen-bond acceptors (Lipinski definition) is 3. The molecule has 0 bridgehead atoms. The fraction of sp³-hybridized carbons (Fsp3) is 0.412. The highest BCUT2D eigenvalue weighted by Gasteiger charge is 2.08. The molecule has 3 nitrogen and oxygen atoms in total. The van der Waals surface area contributed by atoms with Gasteiger partial charge in [-0.1, -0.05) is 37.6 Å². The molecular weight excluding hydrogens is 248 g/mol. The highest BCUT2D eigenvalue weighted by Crippen LogP contribution is 2.24. The predicted octanol–water partition coefficient (Wildman–Crippen LogP) is 4.19. The molecule has 1 heterocycles. The minimum Gasteiger partial charge on any atom is -0.374 e. The maximum Gasteiger partial charge on any atom is 0.116 e. The first kappa shape index (κ1) is 14.7. The molecule has 0 aliphatic heterocycles. The van der Waals surface area contributed by atoms with Crippen LogP contribution in [-0.4, -0.2) is 16.6 Å². The summed E-state index contributed by atoms with van der Waals surface area (Å²) in [5.74, 6) is 0. The van der Waals surface area contributed by atoms with Crippen LogP contribution in [0.5, 0.6) is 0 Å². The standard InChI is InChI=1S/C17H22N2O/c1-4-6-16-11-18-12-19-17(16)15-9-7-14(8-10-15)13(3)20-5-2/h7-13H,4-6H2,1-3H3. The number of ether oxygens (including phenoxy) is 1. The van der Waals surface area contributed by atoms with E-state index in [1.165, 1.54) is 11.1 Å². The van der Waals surface area contributed by atoms with E-state index in [2.05, 4.69) is 48.1 Å². The fourth-order valence-corrected chi connectivity index (χ4v) is 2.33. The topological polar surface area (TPSA) is 35.0 Å². The Bertz CT molecular complexity index is 537. The first-order valence-corrected chi connectivity index (χ1v) is 7.27. The van der Waals surface area contributed by atoms with Gasteiger partial charge < -0.3 is 4.74 Å². The molecule has 1 aromatic heterocycles. The van der Waals surface area contributed by atoms with Gasteiger partial charge in [0.25, 0.3) is 0 Å². The summed E-state index contributed by atoms with van der Waals surface area (Å²) in [6.07, 6.45) is 5.77. The zero-order valence-electron chi connectivity index (χ0n) is 12.5. The molecule has 1 unspecified atom stereocenters. The van der Waals surface area contributed by atoms with Gasteiger partial charge in [0.1, 0.15) is 6.33 Å². The van der Waals surface area contributed by atoms with E-state index in [4.69, 9.17) is 4.74 Å². The fourth-order valence-electron chi connectivity index (χ4n) is 2.33. The van der Waals surface area contributed by atoms with Crippen LogP contribution >= 0.6 is 0 Å². The lowest BCUT2D eigenvalue weighted by molar-refractivity contribution is 0.0764. The smallest absolute Gasteiger partial charge is 0.116 e. The second-order valence-corrected chi connectivity index (χ2v) is 4.87. The molecular formula is C17H22N2O. The summed E-state index contributed by atoms with van der Waals surface area (Å²) in [6.45, 7) is 6.99. The molecule has 3 heteroatoms. The summed E-state index contributed by atoms with van der Waals surface area (Å²) in [5, 5.41) is 0. The second-order valence-electron chi connectivity index (χ2n) is 4.87. The summed E-state index contributed by atoms with van der Waals surface area (Å²) in [6, 6.07) is 8.47. The Kier molecular flexibility index (Phi) is 5.24. The maximum absolute atomic E-state index is 5.61. The molecule has 0 amide bonds. The van der Waals surface area contributed by atoms with E-state index in [0.717, 1.165) is 30.7 Å². The summed E-state index contributed by atoms with van der Waals surface area (Å²) in [5.41, 5.74) is 4.59. The van der Waals surface area contributed by atoms with Gasteiger partial charge in [-0.15, -0.1) is 0 Å². The third-order valence-electron chi connectivity index (χ3n) is 3.38. The van der Waals surface area contributed by atoms with Crippen LogP contribution in [0.25, 0.3) is 11.3 Å². The van der Waals surface area contributed by atoms with E-state index in [9.17, 15) is 0 Å². The molecule has 0 fully saturated rings. The summed E-state index contributed by atoms with van der Waals surface area (Å²) in [7, 11) is 0. The lowest BCUT2D eigenvalue weighted by Gasteiger charge is -2.13. The van der Waals surface area contributed by atoms with E-state index in [1.807, 2.05) is 13.1 Å². The molecule has 106 valence electrons. The van der Waals surface area contributed by atoms with Gasteiger partial charge in [-0.05, 0) is 31.4 Å². The van der Waals surface area contributed by atoms with Gasteiger partial charge in [0, 0.05) is 18.4 Å². The van der Waals surface area contributed by atoms with E-state index < -0.39 is 0 Å². The number of rotatable bonds is 6. The Morgan fingerprint density at radius 3 is 2.55 bits per heavy atom. The first-order chi connectivity index (χ1) is 9.76. The molecule has 1 atom stereocenters. The third-order valence-corrected chi connectivity index (χ3v) is 3.38. The zero-order chi connectivity index (χ0) is 14.4. The SMILES string of the molecule is CCCc1cncnc1-c1ccc(C(C)OCC)cc1. The summed E-state index contributed by atoms with van der Waals surface area (Å²) < 4.78 is 5.61. The maximum atomic E-state index is 5.61. The molecule has 0 radical (unpaired) electrons. The molecule has 0 N–H and O–H groups in total. The van der Waals surface area contributed by atoms with E-state index in [-0.39, 0.29) is 6.10 Å². The van der Waals surface area contributed by atoms with Crippen LogP contribution in [0.15, 0.2) is 36.8 Å². The number of benzene rings is 1. The highest BCUT2D eigenvalue weighted by atomic mass is 16.5. The number of nitrogens with zero attached hydrogens (tertiary/aromatic N) is 2. The molecule has 2 aromatic rings. The van der Waals surface area contributed by atoms with Crippen molar-refractivity contribution in [2.75, 3.05) is 6.61 Å². The molecule has 0 aliphatic rings. The Labute approximate surface area is 121 Å². The Hall–Kier alpha value is -1.74. The number of hydrogen-bond donors (Lipinski definition) is 0. The normalized spacial score (nSPS) is 12.3. The Balaban J connectivity index is 2.26. The van der Waals surface area contributed by atoms with Gasteiger partial charge in [0.2, 0.25) is 0 Å². The van der Waals surface area contributed by atoms with E-state index in [1.54, 1.807) is 6.33 Å². The van der Waals surface area contributed by atoms with Crippen molar-refractivity contribution in [1.29, 1.82) is 0 Å². The molecule has 0 saturated heterocycles. The van der Waals surface area contributed by atoms with Gasteiger partial charge in [0.05, 0.1) is 11.8 Å². The van der Waals surface area contributed by atoms with Gasteiger partial charge in [-0.3, -0.25) is 0 Å². The summed E-state index contributed by atoms with van der Waals surface area (Å²) in [4.78, 5) is 8.56. The number of aromatic nitrogens is 2. The van der Waals surface area contributed by atoms with Crippen LogP contribution in [-0.2, 0) is 11.2 Å². The van der Waals surface area contributed by atoms with Crippen molar-refractivity contribution in [2.45, 2.75) is 39.7 Å². The van der Waals surface area contributed by atoms with Crippen molar-refractivity contribution >= 4 is 0 Å². The van der Waals surface area contributed by atoms with Gasteiger partial charge >= 0.3 is 0 Å². The van der Waals surface area contributed by atoms with Gasteiger partial charge in [-0.25, -0.2) is 9.97 Å². The van der Waals surface area contributed by atoms with E-state index in [0.29, 0.717) is 0 Å². The minimum atomic E-state index is 0.134. The Morgan fingerprint density at radius 2 is 1.90 bits per heavy atom. The molecule has 0 spiro atoms. The average Bonchev–Trinajstić information content (AvgIpc) is 2.49. The van der Waals surface area contributed by atoms with Crippen molar-refractivity contribution in [3.63, 3.8) is 0 Å². The average molecular weight is 270 g/mol.